The Hall–Kier alpha value is -2.50. The Kier molecular flexibility index (Phi) is 4.11. The molecule has 1 aromatic carbocycles. The molecule has 0 bridgehead atoms. The third-order valence-electron chi connectivity index (χ3n) is 4.64. The fourth-order valence-corrected chi connectivity index (χ4v) is 3.48. The van der Waals surface area contributed by atoms with E-state index in [1.807, 2.05) is 40.0 Å². The Morgan fingerprint density at radius 1 is 1.21 bits per heavy atom. The van der Waals surface area contributed by atoms with Crippen LogP contribution in [0, 0.1) is 0 Å². The van der Waals surface area contributed by atoms with Gasteiger partial charge in [-0.1, -0.05) is 6.07 Å². The van der Waals surface area contributed by atoms with Crippen LogP contribution in [0.1, 0.15) is 29.6 Å². The van der Waals surface area contributed by atoms with Gasteiger partial charge in [0.2, 0.25) is 0 Å². The highest BCUT2D eigenvalue weighted by Crippen LogP contribution is 2.35. The minimum absolute atomic E-state index is 0.0224. The fraction of sp³-hybridized carbons (Fsp3) is 0.444. The number of hydrogen-bond acceptors (Lipinski definition) is 4. The molecule has 6 heteroatoms. The van der Waals surface area contributed by atoms with Gasteiger partial charge in [0, 0.05) is 18.9 Å². The first-order chi connectivity index (χ1) is 11.8. The summed E-state index contributed by atoms with van der Waals surface area (Å²) >= 11 is 0. The Bertz CT molecular complexity index is 714. The lowest BCUT2D eigenvalue weighted by Gasteiger charge is -2.36. The number of piperidine rings is 1. The summed E-state index contributed by atoms with van der Waals surface area (Å²) in [5, 5.41) is 4.28. The predicted octanol–water partition coefficient (Wildman–Crippen LogP) is 2.35. The molecule has 0 aliphatic carbocycles. The normalized spacial score (nSPS) is 20.0. The lowest BCUT2D eigenvalue weighted by molar-refractivity contribution is 0.0574. The van der Waals surface area contributed by atoms with E-state index >= 15 is 0 Å². The molecule has 0 unspecified atom stereocenters. The standard InChI is InChI=1S/C18H21N3O3/c22-18(15-6-3-7-16-17(15)24-12-11-23-16)21-10-2-1-5-14(21)13-20-9-4-8-19-20/h3-4,6-9,14H,1-2,5,10-13H2/t14-/m0/s1. The van der Waals surface area contributed by atoms with Crippen molar-refractivity contribution < 1.29 is 14.3 Å². The van der Waals surface area contributed by atoms with Gasteiger partial charge in [0.25, 0.3) is 5.91 Å². The van der Waals surface area contributed by atoms with Gasteiger partial charge in [-0.25, -0.2) is 0 Å². The minimum atomic E-state index is 0.0224. The molecule has 0 radical (unpaired) electrons. The van der Waals surface area contributed by atoms with Crippen LogP contribution < -0.4 is 9.47 Å². The number of ether oxygens (including phenoxy) is 2. The van der Waals surface area contributed by atoms with Crippen molar-refractivity contribution >= 4 is 5.91 Å². The second kappa shape index (κ2) is 6.55. The van der Waals surface area contributed by atoms with E-state index in [-0.39, 0.29) is 11.9 Å². The van der Waals surface area contributed by atoms with E-state index < -0.39 is 0 Å². The second-order valence-corrected chi connectivity index (χ2v) is 6.21. The smallest absolute Gasteiger partial charge is 0.258 e. The van der Waals surface area contributed by atoms with E-state index in [1.54, 1.807) is 6.20 Å². The molecule has 2 aliphatic heterocycles. The SMILES string of the molecule is O=C(c1cccc2c1OCCO2)N1CCCC[C@H]1Cn1cccn1. The number of amides is 1. The molecule has 1 atom stereocenters. The van der Waals surface area contributed by atoms with Crippen LogP contribution in [0.3, 0.4) is 0 Å². The quantitative estimate of drug-likeness (QED) is 0.868. The monoisotopic (exact) mass is 327 g/mol. The van der Waals surface area contributed by atoms with Crippen LogP contribution in [0.15, 0.2) is 36.7 Å². The molecule has 0 saturated carbocycles. The van der Waals surface area contributed by atoms with Gasteiger partial charge in [-0.05, 0) is 37.5 Å². The number of fused-ring (bicyclic) bond motifs is 1. The second-order valence-electron chi connectivity index (χ2n) is 6.21. The summed E-state index contributed by atoms with van der Waals surface area (Å²) in [4.78, 5) is 15.1. The number of likely N-dealkylation sites (tertiary alicyclic amines) is 1. The summed E-state index contributed by atoms with van der Waals surface area (Å²) in [5.74, 6) is 1.26. The van der Waals surface area contributed by atoms with Crippen LogP contribution >= 0.6 is 0 Å². The number of hydrogen-bond donors (Lipinski definition) is 0. The van der Waals surface area contributed by atoms with E-state index in [4.69, 9.17) is 9.47 Å². The highest BCUT2D eigenvalue weighted by molar-refractivity contribution is 5.98. The third-order valence-corrected chi connectivity index (χ3v) is 4.64. The first-order valence-corrected chi connectivity index (χ1v) is 8.50. The van der Waals surface area contributed by atoms with Gasteiger partial charge in [0.15, 0.2) is 11.5 Å². The van der Waals surface area contributed by atoms with Crippen molar-refractivity contribution in [1.82, 2.24) is 14.7 Å². The van der Waals surface area contributed by atoms with Gasteiger partial charge in [-0.3, -0.25) is 9.48 Å². The van der Waals surface area contributed by atoms with Crippen LogP contribution in [-0.4, -0.2) is 46.4 Å². The molecule has 1 saturated heterocycles. The van der Waals surface area contributed by atoms with Crippen molar-refractivity contribution in [3.05, 3.63) is 42.2 Å². The maximum Gasteiger partial charge on any atom is 0.258 e. The highest BCUT2D eigenvalue weighted by atomic mass is 16.6. The van der Waals surface area contributed by atoms with E-state index in [1.165, 1.54) is 0 Å². The molecule has 1 amide bonds. The molecule has 4 rings (SSSR count). The molecular weight excluding hydrogens is 306 g/mol. The zero-order valence-corrected chi connectivity index (χ0v) is 13.6. The van der Waals surface area contributed by atoms with Crippen molar-refractivity contribution in [1.29, 1.82) is 0 Å². The topological polar surface area (TPSA) is 56.6 Å². The molecule has 1 aromatic heterocycles. The number of nitrogens with zero attached hydrogens (tertiary/aromatic N) is 3. The molecular formula is C18H21N3O3. The largest absolute Gasteiger partial charge is 0.486 e. The van der Waals surface area contributed by atoms with E-state index in [0.29, 0.717) is 30.3 Å². The fourth-order valence-electron chi connectivity index (χ4n) is 3.48. The van der Waals surface area contributed by atoms with Crippen molar-refractivity contribution in [3.8, 4) is 11.5 Å². The summed E-state index contributed by atoms with van der Waals surface area (Å²) in [7, 11) is 0. The Labute approximate surface area is 141 Å². The lowest BCUT2D eigenvalue weighted by atomic mass is 10.00. The number of benzene rings is 1. The third kappa shape index (κ3) is 2.84. The van der Waals surface area contributed by atoms with Crippen molar-refractivity contribution in [2.45, 2.75) is 31.8 Å². The molecule has 1 fully saturated rings. The van der Waals surface area contributed by atoms with Crippen LogP contribution in [-0.2, 0) is 6.54 Å². The molecule has 0 N–H and O–H groups in total. The maximum atomic E-state index is 13.2. The molecule has 126 valence electrons. The zero-order chi connectivity index (χ0) is 16.4. The Balaban J connectivity index is 1.60. The van der Waals surface area contributed by atoms with E-state index in [9.17, 15) is 4.79 Å². The van der Waals surface area contributed by atoms with Gasteiger partial charge < -0.3 is 14.4 Å². The Morgan fingerprint density at radius 2 is 2.12 bits per heavy atom. The number of rotatable bonds is 3. The Morgan fingerprint density at radius 3 is 3.00 bits per heavy atom. The maximum absolute atomic E-state index is 13.2. The van der Waals surface area contributed by atoms with Gasteiger partial charge in [-0.15, -0.1) is 0 Å². The summed E-state index contributed by atoms with van der Waals surface area (Å²) in [6.07, 6.45) is 6.89. The van der Waals surface area contributed by atoms with Gasteiger partial charge in [0.1, 0.15) is 13.2 Å². The number of carbonyl (C=O) groups excluding carboxylic acids is 1. The van der Waals surface area contributed by atoms with Crippen LogP contribution in [0.2, 0.25) is 0 Å². The summed E-state index contributed by atoms with van der Waals surface area (Å²) < 4.78 is 13.2. The number of aromatic nitrogens is 2. The van der Waals surface area contributed by atoms with Gasteiger partial charge in [-0.2, -0.15) is 5.10 Å². The van der Waals surface area contributed by atoms with E-state index in [2.05, 4.69) is 5.10 Å². The average molecular weight is 327 g/mol. The van der Waals surface area contributed by atoms with E-state index in [0.717, 1.165) is 32.4 Å². The summed E-state index contributed by atoms with van der Waals surface area (Å²) in [5.41, 5.74) is 0.597. The number of carbonyl (C=O) groups is 1. The lowest BCUT2D eigenvalue weighted by Crippen LogP contribution is -2.46. The average Bonchev–Trinajstić information content (AvgIpc) is 3.14. The molecule has 24 heavy (non-hydrogen) atoms. The van der Waals surface area contributed by atoms with Crippen molar-refractivity contribution in [2.75, 3.05) is 19.8 Å². The summed E-state index contributed by atoms with van der Waals surface area (Å²) in [6, 6.07) is 7.60. The number of para-hydroxylation sites is 1. The van der Waals surface area contributed by atoms with Crippen LogP contribution in [0.25, 0.3) is 0 Å². The molecule has 2 aromatic rings. The first kappa shape index (κ1) is 15.1. The first-order valence-electron chi connectivity index (χ1n) is 8.50. The predicted molar refractivity (Wildman–Crippen MR) is 88.3 cm³/mol. The van der Waals surface area contributed by atoms with Crippen molar-refractivity contribution in [3.63, 3.8) is 0 Å². The molecule has 2 aliphatic rings. The zero-order valence-electron chi connectivity index (χ0n) is 13.6. The highest BCUT2D eigenvalue weighted by Gasteiger charge is 2.31. The molecule has 0 spiro atoms. The molecule has 6 nitrogen and oxygen atoms in total. The van der Waals surface area contributed by atoms with Crippen LogP contribution in [0.5, 0.6) is 11.5 Å². The molecule has 3 heterocycles. The van der Waals surface area contributed by atoms with Crippen LogP contribution in [0.4, 0.5) is 0 Å². The van der Waals surface area contributed by atoms with Gasteiger partial charge in [0.05, 0.1) is 18.2 Å². The van der Waals surface area contributed by atoms with Gasteiger partial charge >= 0.3 is 0 Å². The van der Waals surface area contributed by atoms with Crippen molar-refractivity contribution in [2.24, 2.45) is 0 Å². The minimum Gasteiger partial charge on any atom is -0.486 e. The summed E-state index contributed by atoms with van der Waals surface area (Å²) in [6.45, 7) is 2.50.